The lowest BCUT2D eigenvalue weighted by Crippen LogP contribution is -2.47. The van der Waals surface area contributed by atoms with Crippen molar-refractivity contribution in [3.63, 3.8) is 0 Å². The Balaban J connectivity index is 0.00000306. The Kier molecular flexibility index (Phi) is 8.67. The van der Waals surface area contributed by atoms with Gasteiger partial charge >= 0.3 is 5.97 Å². The second-order valence-corrected chi connectivity index (χ2v) is 9.06. The number of aliphatic carboxylic acids is 1. The van der Waals surface area contributed by atoms with Gasteiger partial charge in [0.15, 0.2) is 0 Å². The van der Waals surface area contributed by atoms with Crippen LogP contribution in [0.2, 0.25) is 0 Å². The van der Waals surface area contributed by atoms with Gasteiger partial charge in [-0.2, -0.15) is 12.6 Å². The van der Waals surface area contributed by atoms with Crippen LogP contribution in [0.1, 0.15) is 49.3 Å². The van der Waals surface area contributed by atoms with Gasteiger partial charge in [-0.3, -0.25) is 9.59 Å². The minimum Gasteiger partial charge on any atom is -0.481 e. The van der Waals surface area contributed by atoms with Crippen molar-refractivity contribution in [1.82, 2.24) is 20.3 Å². The molecule has 2 N–H and O–H groups in total. The van der Waals surface area contributed by atoms with Gasteiger partial charge in [0, 0.05) is 35.7 Å². The number of Topliss-reactive ketones (excluding diaryl/α,β-unsaturated/α-hetero) is 1. The normalized spacial score (nSPS) is 22.5. The number of carbonyl (C=O) groups is 2. The highest BCUT2D eigenvalue weighted by molar-refractivity contribution is 7.81. The van der Waals surface area contributed by atoms with E-state index in [9.17, 15) is 14.0 Å². The molecule has 1 aliphatic heterocycles. The van der Waals surface area contributed by atoms with Gasteiger partial charge in [0.1, 0.15) is 11.6 Å². The number of carbonyl (C=O) groups excluding carboxylic acids is 1. The van der Waals surface area contributed by atoms with Gasteiger partial charge in [0.2, 0.25) is 0 Å². The average Bonchev–Trinajstić information content (AvgIpc) is 3.52. The molecule has 2 fully saturated rings. The van der Waals surface area contributed by atoms with Crippen molar-refractivity contribution < 1.29 is 19.1 Å². The highest BCUT2D eigenvalue weighted by atomic mass is 35.5. The van der Waals surface area contributed by atoms with E-state index in [0.29, 0.717) is 30.8 Å². The number of rotatable bonds is 9. The molecule has 33 heavy (non-hydrogen) atoms. The Bertz CT molecular complexity index is 1030. The molecule has 1 aromatic carbocycles. The standard InChI is InChI=1S/C23H27FN4O3S.ClH/c24-18-5-2-1-4-16(18)21(23(31)14-7-8-14)22-17(19(32)9-10-25-22)12-15-13-26-27-28(15)11-3-6-20(29)30;/h1-2,4-5,12-14,19,21-22,25,32H,3,6-11H2,(H,29,30);1H/b17-12+;. The SMILES string of the molecule is Cl.O=C(O)CCCn1nncc1/C=C1\C(S)CCNC1C(C(=O)C1CC1)c1ccccc1F. The second kappa shape index (κ2) is 11.3. The summed E-state index contributed by atoms with van der Waals surface area (Å²) in [7, 11) is 0. The van der Waals surface area contributed by atoms with Crippen LogP contribution in [0.5, 0.6) is 0 Å². The molecule has 3 atom stereocenters. The number of carboxylic acids is 1. The maximum Gasteiger partial charge on any atom is 0.303 e. The number of hydrogen-bond donors (Lipinski definition) is 3. The summed E-state index contributed by atoms with van der Waals surface area (Å²) in [6.07, 6.45) is 6.47. The molecular formula is C23H28ClFN4O3S. The Morgan fingerprint density at radius 1 is 1.30 bits per heavy atom. The zero-order chi connectivity index (χ0) is 22.7. The van der Waals surface area contributed by atoms with Crippen molar-refractivity contribution in [2.45, 2.75) is 55.9 Å². The molecule has 2 heterocycles. The predicted molar refractivity (Wildman–Crippen MR) is 128 cm³/mol. The average molecular weight is 495 g/mol. The Hall–Kier alpha value is -2.23. The van der Waals surface area contributed by atoms with E-state index >= 15 is 0 Å². The minimum absolute atomic E-state index is 0. The number of aryl methyl sites for hydroxylation is 1. The van der Waals surface area contributed by atoms with Crippen molar-refractivity contribution in [2.24, 2.45) is 5.92 Å². The lowest BCUT2D eigenvalue weighted by molar-refractivity contribution is -0.137. The van der Waals surface area contributed by atoms with Gasteiger partial charge in [0.25, 0.3) is 0 Å². The lowest BCUT2D eigenvalue weighted by Gasteiger charge is -2.36. The van der Waals surface area contributed by atoms with Crippen LogP contribution in [0.15, 0.2) is 36.0 Å². The molecule has 2 aromatic rings. The number of nitrogens with zero attached hydrogens (tertiary/aromatic N) is 3. The van der Waals surface area contributed by atoms with Crippen molar-refractivity contribution in [1.29, 1.82) is 0 Å². The molecule has 1 saturated heterocycles. The number of halogens is 2. The molecule has 1 aliphatic carbocycles. The third kappa shape index (κ3) is 6.02. The van der Waals surface area contributed by atoms with Crippen molar-refractivity contribution >= 4 is 42.9 Å². The molecule has 7 nitrogen and oxygen atoms in total. The van der Waals surface area contributed by atoms with E-state index < -0.39 is 17.9 Å². The number of ketones is 1. The molecule has 0 radical (unpaired) electrons. The zero-order valence-electron chi connectivity index (χ0n) is 18.1. The smallest absolute Gasteiger partial charge is 0.303 e. The summed E-state index contributed by atoms with van der Waals surface area (Å²) in [5.74, 6) is -1.83. The molecule has 1 saturated carbocycles. The Morgan fingerprint density at radius 3 is 2.76 bits per heavy atom. The number of nitrogens with one attached hydrogen (secondary N) is 1. The highest BCUT2D eigenvalue weighted by Gasteiger charge is 2.43. The van der Waals surface area contributed by atoms with Gasteiger partial charge in [-0.05, 0) is 49.9 Å². The molecule has 4 rings (SSSR count). The summed E-state index contributed by atoms with van der Waals surface area (Å²) < 4.78 is 16.5. The lowest BCUT2D eigenvalue weighted by atomic mass is 9.78. The van der Waals surface area contributed by atoms with Crippen LogP contribution in [-0.2, 0) is 16.1 Å². The number of benzene rings is 1. The molecule has 178 valence electrons. The fourth-order valence-electron chi connectivity index (χ4n) is 4.31. The highest BCUT2D eigenvalue weighted by Crippen LogP contribution is 2.41. The van der Waals surface area contributed by atoms with E-state index in [0.717, 1.165) is 24.8 Å². The summed E-state index contributed by atoms with van der Waals surface area (Å²) in [4.78, 5) is 24.2. The van der Waals surface area contributed by atoms with Gasteiger partial charge in [-0.25, -0.2) is 9.07 Å². The van der Waals surface area contributed by atoms with Gasteiger partial charge in [-0.1, -0.05) is 23.4 Å². The van der Waals surface area contributed by atoms with Gasteiger partial charge in [0.05, 0.1) is 17.8 Å². The number of carboxylic acid groups (broad SMARTS) is 1. The van der Waals surface area contributed by atoms with E-state index in [2.05, 4.69) is 15.6 Å². The summed E-state index contributed by atoms with van der Waals surface area (Å²) in [5.41, 5.74) is 2.01. The van der Waals surface area contributed by atoms with Crippen molar-refractivity contribution in [2.75, 3.05) is 6.54 Å². The number of thiol groups is 1. The maximum atomic E-state index is 14.8. The summed E-state index contributed by atoms with van der Waals surface area (Å²) in [5, 5.41) is 20.3. The summed E-state index contributed by atoms with van der Waals surface area (Å²) in [6.45, 7) is 1.09. The monoisotopic (exact) mass is 494 g/mol. The first-order valence-electron chi connectivity index (χ1n) is 11.0. The Morgan fingerprint density at radius 2 is 2.06 bits per heavy atom. The van der Waals surface area contributed by atoms with Crippen LogP contribution in [0.25, 0.3) is 6.08 Å². The van der Waals surface area contributed by atoms with Crippen LogP contribution in [0.3, 0.4) is 0 Å². The van der Waals surface area contributed by atoms with Crippen LogP contribution in [-0.4, -0.2) is 49.7 Å². The van der Waals surface area contributed by atoms with Gasteiger partial charge < -0.3 is 10.4 Å². The van der Waals surface area contributed by atoms with Crippen molar-refractivity contribution in [3.05, 3.63) is 53.1 Å². The first-order chi connectivity index (χ1) is 15.5. The van der Waals surface area contributed by atoms with Crippen LogP contribution >= 0.6 is 25.0 Å². The fourth-order valence-corrected chi connectivity index (χ4v) is 4.68. The molecule has 3 unspecified atom stereocenters. The number of aromatic nitrogens is 3. The molecule has 2 aliphatic rings. The molecule has 0 bridgehead atoms. The van der Waals surface area contributed by atoms with E-state index in [1.807, 2.05) is 6.08 Å². The molecule has 0 spiro atoms. The first-order valence-corrected chi connectivity index (χ1v) is 11.5. The predicted octanol–water partition coefficient (Wildman–Crippen LogP) is 3.51. The molecule has 10 heteroatoms. The molecule has 0 amide bonds. The first kappa shape index (κ1) is 25.4. The van der Waals surface area contributed by atoms with Crippen LogP contribution < -0.4 is 5.32 Å². The fraction of sp³-hybridized carbons (Fsp3) is 0.478. The quantitative estimate of drug-likeness (QED) is 0.461. The number of piperidine rings is 1. The topological polar surface area (TPSA) is 97.1 Å². The minimum atomic E-state index is -0.858. The van der Waals surface area contributed by atoms with Crippen LogP contribution in [0.4, 0.5) is 4.39 Å². The third-order valence-electron chi connectivity index (χ3n) is 6.11. The zero-order valence-corrected chi connectivity index (χ0v) is 19.8. The summed E-state index contributed by atoms with van der Waals surface area (Å²) in [6, 6.07) is 6.09. The van der Waals surface area contributed by atoms with E-state index in [-0.39, 0.29) is 41.6 Å². The van der Waals surface area contributed by atoms with Crippen LogP contribution in [0, 0.1) is 11.7 Å². The second-order valence-electron chi connectivity index (χ2n) is 8.44. The third-order valence-corrected chi connectivity index (χ3v) is 6.66. The molecular weight excluding hydrogens is 467 g/mol. The summed E-state index contributed by atoms with van der Waals surface area (Å²) >= 11 is 4.79. The maximum absolute atomic E-state index is 14.8. The largest absolute Gasteiger partial charge is 0.481 e. The number of hydrogen-bond acceptors (Lipinski definition) is 6. The Labute approximate surface area is 203 Å². The molecule has 1 aromatic heterocycles. The van der Waals surface area contributed by atoms with E-state index in [4.69, 9.17) is 17.7 Å². The van der Waals surface area contributed by atoms with Gasteiger partial charge in [-0.15, -0.1) is 17.5 Å². The van der Waals surface area contributed by atoms with E-state index in [1.54, 1.807) is 29.1 Å². The van der Waals surface area contributed by atoms with Crippen molar-refractivity contribution in [3.8, 4) is 0 Å². The van der Waals surface area contributed by atoms with E-state index in [1.165, 1.54) is 6.07 Å².